The average Bonchev–Trinajstić information content (AvgIpc) is 1.81. The topological polar surface area (TPSA) is 9.23 Å². The van der Waals surface area contributed by atoms with Crippen LogP contribution in [0.25, 0.3) is 0 Å². The van der Waals surface area contributed by atoms with Gasteiger partial charge in [0.2, 0.25) is 0 Å². The first-order chi connectivity index (χ1) is 4.81. The van der Waals surface area contributed by atoms with Crippen molar-refractivity contribution < 1.29 is 21.4 Å². The summed E-state index contributed by atoms with van der Waals surface area (Å²) in [5, 5.41) is 0.240. The molecule has 0 aliphatic heterocycles. The SMILES string of the molecule is [Br-].[C-]#CCO[Si](C)(C)C(C)(C)C.[Mg+2]. The van der Waals surface area contributed by atoms with Gasteiger partial charge in [-0.2, -0.15) is 0 Å². The van der Waals surface area contributed by atoms with E-state index in [0.29, 0.717) is 6.61 Å². The van der Waals surface area contributed by atoms with Crippen molar-refractivity contribution in [1.29, 1.82) is 0 Å². The van der Waals surface area contributed by atoms with E-state index < -0.39 is 8.32 Å². The number of hydrogen-bond donors (Lipinski definition) is 0. The van der Waals surface area contributed by atoms with Crippen LogP contribution in [0.4, 0.5) is 0 Å². The molecule has 0 saturated carbocycles. The van der Waals surface area contributed by atoms with E-state index in [1.807, 2.05) is 0 Å². The molecule has 0 aliphatic rings. The van der Waals surface area contributed by atoms with E-state index in [0.717, 1.165) is 0 Å². The van der Waals surface area contributed by atoms with Gasteiger partial charge in [0.05, 0.1) is 6.61 Å². The minimum absolute atomic E-state index is 0. The molecule has 0 N–H and O–H groups in total. The summed E-state index contributed by atoms with van der Waals surface area (Å²) in [6, 6.07) is 0. The van der Waals surface area contributed by atoms with E-state index in [4.69, 9.17) is 10.8 Å². The van der Waals surface area contributed by atoms with E-state index in [2.05, 4.69) is 39.8 Å². The van der Waals surface area contributed by atoms with Gasteiger partial charge in [0.15, 0.2) is 8.32 Å². The first kappa shape index (κ1) is 19.5. The van der Waals surface area contributed by atoms with Gasteiger partial charge in [-0.1, -0.05) is 20.8 Å². The predicted molar refractivity (Wildman–Crippen MR) is 56.0 cm³/mol. The van der Waals surface area contributed by atoms with Crippen LogP contribution in [0.15, 0.2) is 0 Å². The maximum Gasteiger partial charge on any atom is 2.00 e. The average molecular weight is 274 g/mol. The predicted octanol–water partition coefficient (Wildman–Crippen LogP) is -0.779. The van der Waals surface area contributed by atoms with Gasteiger partial charge in [-0.25, -0.2) is 0 Å². The summed E-state index contributed by atoms with van der Waals surface area (Å²) in [4.78, 5) is 0. The quantitative estimate of drug-likeness (QED) is 0.364. The van der Waals surface area contributed by atoms with Crippen LogP contribution < -0.4 is 17.0 Å². The summed E-state index contributed by atoms with van der Waals surface area (Å²) in [6.45, 7) is 11.2. The summed E-state index contributed by atoms with van der Waals surface area (Å²) in [5.41, 5.74) is 0. The van der Waals surface area contributed by atoms with Gasteiger partial charge in [-0.3, -0.25) is 0 Å². The van der Waals surface area contributed by atoms with Crippen molar-refractivity contribution in [3.05, 3.63) is 6.42 Å². The van der Waals surface area contributed by atoms with Crippen molar-refractivity contribution in [3.63, 3.8) is 0 Å². The Bertz CT molecular complexity index is 169. The van der Waals surface area contributed by atoms with Gasteiger partial charge in [0, 0.05) is 0 Å². The van der Waals surface area contributed by atoms with Gasteiger partial charge in [-0.05, 0) is 18.1 Å². The van der Waals surface area contributed by atoms with E-state index in [9.17, 15) is 0 Å². The second-order valence-corrected chi connectivity index (χ2v) is 9.04. The van der Waals surface area contributed by atoms with Gasteiger partial charge >= 0.3 is 23.1 Å². The summed E-state index contributed by atoms with van der Waals surface area (Å²) in [6.07, 6.45) is 6.73. The van der Waals surface area contributed by atoms with Crippen LogP contribution in [-0.2, 0) is 4.43 Å². The molecule has 72 valence electrons. The van der Waals surface area contributed by atoms with Crippen molar-refractivity contribution in [3.8, 4) is 5.92 Å². The summed E-state index contributed by atoms with van der Waals surface area (Å²) in [7, 11) is -1.61. The Balaban J connectivity index is -0.000000500. The van der Waals surface area contributed by atoms with E-state index in [1.165, 1.54) is 0 Å². The van der Waals surface area contributed by atoms with Gasteiger partial charge in [0.25, 0.3) is 0 Å². The first-order valence-corrected chi connectivity index (χ1v) is 6.75. The molecule has 0 atom stereocenters. The number of rotatable bonds is 2. The van der Waals surface area contributed by atoms with Gasteiger partial charge in [-0.15, -0.1) is 0 Å². The fraction of sp³-hybridized carbons (Fsp3) is 0.778. The summed E-state index contributed by atoms with van der Waals surface area (Å²) in [5.74, 6) is 2.26. The molecule has 0 unspecified atom stereocenters. The Morgan fingerprint density at radius 3 is 1.92 bits per heavy atom. The fourth-order valence-corrected chi connectivity index (χ4v) is 1.30. The molecule has 0 radical (unpaired) electrons. The maximum absolute atomic E-state index is 6.73. The summed E-state index contributed by atoms with van der Waals surface area (Å²) >= 11 is 0. The van der Waals surface area contributed by atoms with Crippen molar-refractivity contribution in [2.45, 2.75) is 38.9 Å². The molecule has 0 amide bonds. The zero-order valence-corrected chi connectivity index (χ0v) is 13.2. The minimum atomic E-state index is -1.61. The fourth-order valence-electron chi connectivity index (χ4n) is 0.433. The molecule has 0 aromatic heterocycles. The van der Waals surface area contributed by atoms with Crippen molar-refractivity contribution in [2.75, 3.05) is 6.61 Å². The third kappa shape index (κ3) is 6.98. The van der Waals surface area contributed by atoms with Crippen molar-refractivity contribution in [2.24, 2.45) is 0 Å². The van der Waals surface area contributed by atoms with E-state index in [-0.39, 0.29) is 45.1 Å². The first-order valence-electron chi connectivity index (χ1n) is 3.85. The minimum Gasteiger partial charge on any atom is -1.00 e. The Morgan fingerprint density at radius 2 is 1.69 bits per heavy atom. The standard InChI is InChI=1S/C9H17OSi.BrH.Mg/c1-7-8-10-11(5,6)9(2,3)4;;/h8H2,2-6H3;1H;/q-1;;+2/p-1. The van der Waals surface area contributed by atoms with Crippen LogP contribution in [0, 0.1) is 12.3 Å². The normalized spacial score (nSPS) is 10.8. The third-order valence-corrected chi connectivity index (χ3v) is 6.79. The van der Waals surface area contributed by atoms with Crippen LogP contribution >= 0.6 is 0 Å². The molecule has 0 bridgehead atoms. The molecule has 0 aromatic carbocycles. The monoisotopic (exact) mass is 272 g/mol. The maximum atomic E-state index is 6.73. The van der Waals surface area contributed by atoms with Crippen molar-refractivity contribution in [1.82, 2.24) is 0 Å². The summed E-state index contributed by atoms with van der Waals surface area (Å²) < 4.78 is 5.58. The molecule has 0 fully saturated rings. The Labute approximate surface area is 110 Å². The van der Waals surface area contributed by atoms with Crippen LogP contribution in [0.5, 0.6) is 0 Å². The molecular formula is C9H17BrMgOSi. The van der Waals surface area contributed by atoms with E-state index in [1.54, 1.807) is 0 Å². The molecule has 0 aliphatic carbocycles. The Kier molecular flexibility index (Phi) is 11.0. The Morgan fingerprint density at radius 1 is 1.31 bits per heavy atom. The molecule has 0 spiro atoms. The molecule has 0 aromatic rings. The molecule has 0 saturated heterocycles. The molecule has 13 heavy (non-hydrogen) atoms. The largest absolute Gasteiger partial charge is 2.00 e. The molecule has 0 heterocycles. The van der Waals surface area contributed by atoms with Crippen LogP contribution in [-0.4, -0.2) is 38.0 Å². The molecule has 4 heteroatoms. The van der Waals surface area contributed by atoms with Crippen LogP contribution in [0.2, 0.25) is 18.1 Å². The van der Waals surface area contributed by atoms with Crippen LogP contribution in [0.3, 0.4) is 0 Å². The number of halogens is 1. The van der Waals surface area contributed by atoms with Gasteiger partial charge in [0.1, 0.15) is 0 Å². The second-order valence-electron chi connectivity index (χ2n) is 4.23. The smallest absolute Gasteiger partial charge is 1.00 e. The second kappa shape index (κ2) is 7.30. The Hall–Kier alpha value is 0.983. The van der Waals surface area contributed by atoms with Gasteiger partial charge < -0.3 is 33.8 Å². The van der Waals surface area contributed by atoms with E-state index >= 15 is 0 Å². The molecule has 1 nitrogen and oxygen atoms in total. The molecular weight excluding hydrogens is 256 g/mol. The zero-order chi connectivity index (χ0) is 9.12. The zero-order valence-electron chi connectivity index (χ0n) is 9.20. The number of hydrogen-bond acceptors (Lipinski definition) is 1. The van der Waals surface area contributed by atoms with Crippen molar-refractivity contribution >= 4 is 31.4 Å². The third-order valence-electron chi connectivity index (χ3n) is 2.31. The molecule has 0 rings (SSSR count). The van der Waals surface area contributed by atoms with Crippen LogP contribution in [0.1, 0.15) is 20.8 Å².